The summed E-state index contributed by atoms with van der Waals surface area (Å²) in [4.78, 5) is 4.67. The van der Waals surface area contributed by atoms with Gasteiger partial charge < -0.3 is 4.74 Å². The first kappa shape index (κ1) is 19.6. The zero-order chi connectivity index (χ0) is 20.8. The van der Waals surface area contributed by atoms with Crippen LogP contribution in [0.3, 0.4) is 0 Å². The molecule has 0 aliphatic heterocycles. The molecule has 4 heteroatoms. The SMILES string of the molecule is Cc1ccc(COc2ccccc2/C=C(/C#N)c2nc(-c3ccccc3)cs2)cc1. The van der Waals surface area contributed by atoms with E-state index in [4.69, 9.17) is 4.74 Å². The van der Waals surface area contributed by atoms with Crippen molar-refractivity contribution in [1.82, 2.24) is 4.98 Å². The Morgan fingerprint density at radius 3 is 2.50 bits per heavy atom. The van der Waals surface area contributed by atoms with Crippen LogP contribution < -0.4 is 4.74 Å². The van der Waals surface area contributed by atoms with Crippen LogP contribution in [0.2, 0.25) is 0 Å². The molecule has 0 amide bonds. The number of thiazole rings is 1. The van der Waals surface area contributed by atoms with Gasteiger partial charge in [-0.1, -0.05) is 78.4 Å². The molecule has 0 saturated carbocycles. The van der Waals surface area contributed by atoms with Crippen molar-refractivity contribution in [1.29, 1.82) is 5.26 Å². The summed E-state index contributed by atoms with van der Waals surface area (Å²) in [6, 6.07) is 28.3. The second-order valence-corrected chi connectivity index (χ2v) is 7.74. The topological polar surface area (TPSA) is 45.9 Å². The van der Waals surface area contributed by atoms with Gasteiger partial charge in [0.15, 0.2) is 0 Å². The number of aryl methyl sites for hydroxylation is 1. The van der Waals surface area contributed by atoms with Gasteiger partial charge in [0.25, 0.3) is 0 Å². The third-order valence-corrected chi connectivity index (χ3v) is 5.53. The van der Waals surface area contributed by atoms with Crippen LogP contribution in [0.15, 0.2) is 84.2 Å². The third-order valence-electron chi connectivity index (χ3n) is 4.66. The molecule has 1 aromatic heterocycles. The molecule has 0 spiro atoms. The monoisotopic (exact) mass is 408 g/mol. The van der Waals surface area contributed by atoms with E-state index in [0.29, 0.717) is 17.2 Å². The van der Waals surface area contributed by atoms with Crippen molar-refractivity contribution in [2.24, 2.45) is 0 Å². The smallest absolute Gasteiger partial charge is 0.134 e. The molecule has 0 saturated heterocycles. The summed E-state index contributed by atoms with van der Waals surface area (Å²) in [5, 5.41) is 12.4. The van der Waals surface area contributed by atoms with Crippen LogP contribution in [-0.4, -0.2) is 4.98 Å². The van der Waals surface area contributed by atoms with Crippen molar-refractivity contribution in [3.8, 4) is 23.1 Å². The quantitative estimate of drug-likeness (QED) is 0.331. The van der Waals surface area contributed by atoms with Gasteiger partial charge in [-0.3, -0.25) is 0 Å². The van der Waals surface area contributed by atoms with E-state index in [1.54, 1.807) is 0 Å². The van der Waals surface area contributed by atoms with Crippen LogP contribution in [-0.2, 0) is 6.61 Å². The average molecular weight is 409 g/mol. The minimum atomic E-state index is 0.475. The summed E-state index contributed by atoms with van der Waals surface area (Å²) < 4.78 is 6.05. The highest BCUT2D eigenvalue weighted by Crippen LogP contribution is 2.29. The highest BCUT2D eigenvalue weighted by molar-refractivity contribution is 7.11. The van der Waals surface area contributed by atoms with E-state index in [0.717, 1.165) is 28.1 Å². The molecular weight excluding hydrogens is 388 g/mol. The first-order valence-corrected chi connectivity index (χ1v) is 10.5. The van der Waals surface area contributed by atoms with Gasteiger partial charge in [0, 0.05) is 16.5 Å². The molecule has 146 valence electrons. The van der Waals surface area contributed by atoms with Crippen LogP contribution in [0.5, 0.6) is 5.75 Å². The van der Waals surface area contributed by atoms with Crippen molar-refractivity contribution in [2.75, 3.05) is 0 Å². The molecular formula is C26H20N2OS. The Labute approximate surface area is 180 Å². The zero-order valence-electron chi connectivity index (χ0n) is 16.6. The molecule has 0 aliphatic carbocycles. The van der Waals surface area contributed by atoms with Crippen molar-refractivity contribution >= 4 is 23.0 Å². The van der Waals surface area contributed by atoms with Crippen molar-refractivity contribution in [2.45, 2.75) is 13.5 Å². The summed E-state index contributed by atoms with van der Waals surface area (Å²) in [5.41, 5.74) is 5.62. The molecule has 0 fully saturated rings. The number of hydrogen-bond donors (Lipinski definition) is 0. The first-order chi connectivity index (χ1) is 14.7. The van der Waals surface area contributed by atoms with E-state index < -0.39 is 0 Å². The molecule has 0 radical (unpaired) electrons. The van der Waals surface area contributed by atoms with Gasteiger partial charge in [-0.15, -0.1) is 11.3 Å². The van der Waals surface area contributed by atoms with Crippen molar-refractivity contribution in [3.63, 3.8) is 0 Å². The fraction of sp³-hybridized carbons (Fsp3) is 0.0769. The molecule has 1 heterocycles. The number of hydrogen-bond acceptors (Lipinski definition) is 4. The number of aromatic nitrogens is 1. The molecule has 30 heavy (non-hydrogen) atoms. The predicted octanol–water partition coefficient (Wildman–Crippen LogP) is 6.76. The van der Waals surface area contributed by atoms with Crippen LogP contribution in [0, 0.1) is 18.3 Å². The molecule has 4 rings (SSSR count). The highest BCUT2D eigenvalue weighted by Gasteiger charge is 2.10. The van der Waals surface area contributed by atoms with E-state index >= 15 is 0 Å². The Kier molecular flexibility index (Phi) is 6.03. The number of ether oxygens (including phenoxy) is 1. The summed E-state index contributed by atoms with van der Waals surface area (Å²) in [6.45, 7) is 2.54. The fourth-order valence-electron chi connectivity index (χ4n) is 3.01. The molecule has 0 aliphatic rings. The van der Waals surface area contributed by atoms with Crippen LogP contribution in [0.25, 0.3) is 22.9 Å². The maximum Gasteiger partial charge on any atom is 0.134 e. The average Bonchev–Trinajstić information content (AvgIpc) is 3.28. The van der Waals surface area contributed by atoms with Crippen LogP contribution in [0.4, 0.5) is 0 Å². The van der Waals surface area contributed by atoms with E-state index in [1.165, 1.54) is 16.9 Å². The summed E-state index contributed by atoms with van der Waals surface area (Å²) in [7, 11) is 0. The summed E-state index contributed by atoms with van der Waals surface area (Å²) in [5.74, 6) is 0.741. The normalized spacial score (nSPS) is 11.1. The molecule has 0 atom stereocenters. The Balaban J connectivity index is 1.58. The number of rotatable bonds is 6. The minimum Gasteiger partial charge on any atom is -0.488 e. The minimum absolute atomic E-state index is 0.475. The number of benzene rings is 3. The van der Waals surface area contributed by atoms with E-state index in [9.17, 15) is 5.26 Å². The third kappa shape index (κ3) is 4.65. The Bertz CT molecular complexity index is 1200. The zero-order valence-corrected chi connectivity index (χ0v) is 17.4. The molecule has 0 bridgehead atoms. The van der Waals surface area contributed by atoms with E-state index in [2.05, 4.69) is 42.2 Å². The Morgan fingerprint density at radius 1 is 1.00 bits per heavy atom. The number of nitriles is 1. The van der Waals surface area contributed by atoms with Gasteiger partial charge in [0.05, 0.1) is 11.3 Å². The van der Waals surface area contributed by atoms with E-state index in [-0.39, 0.29) is 0 Å². The first-order valence-electron chi connectivity index (χ1n) is 9.63. The number of para-hydroxylation sites is 1. The second kappa shape index (κ2) is 9.21. The maximum atomic E-state index is 9.75. The summed E-state index contributed by atoms with van der Waals surface area (Å²) in [6.07, 6.45) is 1.85. The van der Waals surface area contributed by atoms with Gasteiger partial charge in [-0.2, -0.15) is 5.26 Å². The molecule has 3 nitrogen and oxygen atoms in total. The van der Waals surface area contributed by atoms with E-state index in [1.807, 2.05) is 66.1 Å². The van der Waals surface area contributed by atoms with Crippen LogP contribution in [0.1, 0.15) is 21.7 Å². The lowest BCUT2D eigenvalue weighted by atomic mass is 10.1. The maximum absolute atomic E-state index is 9.75. The number of nitrogens with zero attached hydrogens (tertiary/aromatic N) is 2. The largest absolute Gasteiger partial charge is 0.488 e. The van der Waals surface area contributed by atoms with Gasteiger partial charge in [-0.05, 0) is 24.6 Å². The molecule has 0 N–H and O–H groups in total. The van der Waals surface area contributed by atoms with Gasteiger partial charge in [0.2, 0.25) is 0 Å². The fourth-order valence-corrected chi connectivity index (χ4v) is 3.81. The van der Waals surface area contributed by atoms with Gasteiger partial charge >= 0.3 is 0 Å². The Morgan fingerprint density at radius 2 is 1.73 bits per heavy atom. The van der Waals surface area contributed by atoms with Gasteiger partial charge in [-0.25, -0.2) is 4.98 Å². The Hall–Kier alpha value is -3.68. The molecule has 0 unspecified atom stereocenters. The lowest BCUT2D eigenvalue weighted by Gasteiger charge is -2.10. The second-order valence-electron chi connectivity index (χ2n) is 6.89. The van der Waals surface area contributed by atoms with Crippen molar-refractivity contribution < 1.29 is 4.74 Å². The standard InChI is InChI=1S/C26H20N2OS/c1-19-11-13-20(14-12-19)17-29-25-10-6-5-9-22(25)15-23(16-27)26-28-24(18-30-26)21-7-3-2-4-8-21/h2-15,18H,17H2,1H3/b23-15-. The predicted molar refractivity (Wildman–Crippen MR) is 123 cm³/mol. The highest BCUT2D eigenvalue weighted by atomic mass is 32.1. The van der Waals surface area contributed by atoms with Crippen LogP contribution >= 0.6 is 11.3 Å². The summed E-state index contributed by atoms with van der Waals surface area (Å²) >= 11 is 1.47. The lowest BCUT2D eigenvalue weighted by molar-refractivity contribution is 0.305. The number of allylic oxidation sites excluding steroid dienone is 1. The van der Waals surface area contributed by atoms with Gasteiger partial charge in [0.1, 0.15) is 23.4 Å². The molecule has 3 aromatic carbocycles. The van der Waals surface area contributed by atoms with Crippen molar-refractivity contribution in [3.05, 3.63) is 106 Å². The lowest BCUT2D eigenvalue weighted by Crippen LogP contribution is -1.97. The molecule has 4 aromatic rings.